The zero-order valence-corrected chi connectivity index (χ0v) is 19.3. The van der Waals surface area contributed by atoms with Crippen molar-refractivity contribution in [3.63, 3.8) is 0 Å². The van der Waals surface area contributed by atoms with Crippen molar-refractivity contribution in [2.24, 2.45) is 0 Å². The zero-order chi connectivity index (χ0) is 26.2. The third-order valence-electron chi connectivity index (χ3n) is 5.79. The fourth-order valence-electron chi connectivity index (χ4n) is 3.79. The van der Waals surface area contributed by atoms with Gasteiger partial charge in [0, 0.05) is 24.2 Å². The number of hydrogen-bond donors (Lipinski definition) is 3. The average Bonchev–Trinajstić information content (AvgIpc) is 2.82. The van der Waals surface area contributed by atoms with Crippen molar-refractivity contribution in [3.8, 4) is 16.9 Å². The lowest BCUT2D eigenvalue weighted by atomic mass is 9.91. The van der Waals surface area contributed by atoms with Crippen LogP contribution in [0.4, 0.5) is 26.3 Å². The Morgan fingerprint density at radius 2 is 1.46 bits per heavy atom. The standard InChI is InChI=1S/C22H27F3N2O.C2HF3O2/c1-26-19-8-10-20(11-9-19)27-14-17-13-16(5-12-21(17)28-2)15-3-6-18(7-4-15)22(23,24)25;3-2(4,5)1(6)7/h3-7,12-13,19-20,26-27H,8-11,14H2,1-2H3;(H,6,7). The highest BCUT2D eigenvalue weighted by Gasteiger charge is 2.38. The Bertz CT molecular complexity index is 953. The summed E-state index contributed by atoms with van der Waals surface area (Å²) in [5.74, 6) is -1.97. The maximum absolute atomic E-state index is 12.8. The minimum Gasteiger partial charge on any atom is -0.496 e. The van der Waals surface area contributed by atoms with Crippen molar-refractivity contribution >= 4 is 5.97 Å². The fourth-order valence-corrected chi connectivity index (χ4v) is 3.79. The molecule has 1 aliphatic carbocycles. The van der Waals surface area contributed by atoms with Crippen LogP contribution in [-0.4, -0.2) is 43.5 Å². The maximum atomic E-state index is 12.8. The molecule has 0 aliphatic heterocycles. The van der Waals surface area contributed by atoms with Gasteiger partial charge in [-0.15, -0.1) is 0 Å². The van der Waals surface area contributed by atoms with Crippen LogP contribution in [0.25, 0.3) is 11.1 Å². The molecule has 0 spiro atoms. The lowest BCUT2D eigenvalue weighted by molar-refractivity contribution is -0.192. The lowest BCUT2D eigenvalue weighted by Gasteiger charge is -2.29. The molecule has 1 aliphatic rings. The quantitative estimate of drug-likeness (QED) is 0.443. The number of carbonyl (C=O) groups is 1. The van der Waals surface area contributed by atoms with Gasteiger partial charge in [0.1, 0.15) is 5.75 Å². The van der Waals surface area contributed by atoms with E-state index in [2.05, 4.69) is 10.6 Å². The Balaban J connectivity index is 0.000000540. The minimum atomic E-state index is -5.08. The molecule has 35 heavy (non-hydrogen) atoms. The van der Waals surface area contributed by atoms with Gasteiger partial charge in [0.15, 0.2) is 0 Å². The van der Waals surface area contributed by atoms with Crippen LogP contribution in [0.15, 0.2) is 42.5 Å². The summed E-state index contributed by atoms with van der Waals surface area (Å²) >= 11 is 0. The highest BCUT2D eigenvalue weighted by atomic mass is 19.4. The number of rotatable bonds is 6. The molecule has 194 valence electrons. The molecule has 0 saturated heterocycles. The van der Waals surface area contributed by atoms with Crippen molar-refractivity contribution in [1.82, 2.24) is 10.6 Å². The molecule has 3 rings (SSSR count). The van der Waals surface area contributed by atoms with E-state index in [1.165, 1.54) is 12.1 Å². The fraction of sp³-hybridized carbons (Fsp3) is 0.458. The summed E-state index contributed by atoms with van der Waals surface area (Å²) in [5, 5.41) is 14.1. The number of carboxylic acids is 1. The molecule has 0 atom stereocenters. The summed E-state index contributed by atoms with van der Waals surface area (Å²) in [4.78, 5) is 8.90. The van der Waals surface area contributed by atoms with Crippen LogP contribution in [0.3, 0.4) is 0 Å². The predicted octanol–water partition coefficient (Wildman–Crippen LogP) is 5.63. The SMILES string of the molecule is CNC1CCC(NCc2cc(-c3ccc(C(F)(F)F)cc3)ccc2OC)CC1.O=C(O)C(F)(F)F. The van der Waals surface area contributed by atoms with E-state index >= 15 is 0 Å². The molecule has 2 aromatic rings. The van der Waals surface area contributed by atoms with E-state index in [0.717, 1.165) is 60.3 Å². The van der Waals surface area contributed by atoms with Gasteiger partial charge in [0.2, 0.25) is 0 Å². The summed E-state index contributed by atoms with van der Waals surface area (Å²) in [6.45, 7) is 0.673. The number of halogens is 6. The second-order valence-electron chi connectivity index (χ2n) is 8.12. The Kier molecular flexibility index (Phi) is 9.96. The van der Waals surface area contributed by atoms with Crippen molar-refractivity contribution in [1.29, 1.82) is 0 Å². The maximum Gasteiger partial charge on any atom is 0.490 e. The molecule has 3 N–H and O–H groups in total. The Labute approximate surface area is 199 Å². The summed E-state index contributed by atoms with van der Waals surface area (Å²) in [6, 6.07) is 12.1. The van der Waals surface area contributed by atoms with Crippen LogP contribution in [0.5, 0.6) is 5.75 Å². The number of alkyl halides is 6. The van der Waals surface area contributed by atoms with Gasteiger partial charge in [-0.05, 0) is 68.1 Å². The molecule has 2 aromatic carbocycles. The van der Waals surface area contributed by atoms with E-state index in [1.807, 2.05) is 25.2 Å². The molecule has 1 saturated carbocycles. The van der Waals surface area contributed by atoms with Crippen molar-refractivity contribution in [2.75, 3.05) is 14.2 Å². The molecular weight excluding hydrogens is 478 g/mol. The van der Waals surface area contributed by atoms with Crippen LogP contribution in [0, 0.1) is 0 Å². The second-order valence-corrected chi connectivity index (χ2v) is 8.12. The molecule has 0 unspecified atom stereocenters. The Hall–Kier alpha value is -2.79. The molecule has 0 bridgehead atoms. The number of ether oxygens (including phenoxy) is 1. The van der Waals surface area contributed by atoms with Crippen molar-refractivity contribution < 1.29 is 41.0 Å². The summed E-state index contributed by atoms with van der Waals surface area (Å²) in [5.41, 5.74) is 2.01. The summed E-state index contributed by atoms with van der Waals surface area (Å²) in [7, 11) is 3.64. The zero-order valence-electron chi connectivity index (χ0n) is 19.3. The van der Waals surface area contributed by atoms with Crippen LogP contribution in [-0.2, 0) is 17.5 Å². The highest BCUT2D eigenvalue weighted by Crippen LogP contribution is 2.32. The molecule has 0 radical (unpaired) electrons. The largest absolute Gasteiger partial charge is 0.496 e. The van der Waals surface area contributed by atoms with E-state index in [0.29, 0.717) is 18.6 Å². The number of methoxy groups -OCH3 is 1. The minimum absolute atomic E-state index is 0.476. The Morgan fingerprint density at radius 3 is 1.91 bits per heavy atom. The summed E-state index contributed by atoms with van der Waals surface area (Å²) < 4.78 is 75.6. The summed E-state index contributed by atoms with van der Waals surface area (Å²) in [6.07, 6.45) is -4.81. The van der Waals surface area contributed by atoms with Crippen LogP contribution < -0.4 is 15.4 Å². The van der Waals surface area contributed by atoms with Crippen LogP contribution >= 0.6 is 0 Å². The first-order valence-corrected chi connectivity index (χ1v) is 10.9. The van der Waals surface area contributed by atoms with Crippen molar-refractivity contribution in [3.05, 3.63) is 53.6 Å². The average molecular weight is 506 g/mol. The molecule has 1 fully saturated rings. The molecule has 0 aromatic heterocycles. The van der Waals surface area contributed by atoms with E-state index in [4.69, 9.17) is 14.6 Å². The van der Waals surface area contributed by atoms with Crippen LogP contribution in [0.1, 0.15) is 36.8 Å². The van der Waals surface area contributed by atoms with Gasteiger partial charge in [-0.2, -0.15) is 26.3 Å². The second kappa shape index (κ2) is 12.3. The van der Waals surface area contributed by atoms with Gasteiger partial charge in [-0.1, -0.05) is 18.2 Å². The number of benzene rings is 2. The highest BCUT2D eigenvalue weighted by molar-refractivity contribution is 5.73. The Morgan fingerprint density at radius 1 is 0.943 bits per heavy atom. The first-order chi connectivity index (χ1) is 16.3. The van der Waals surface area contributed by atoms with E-state index < -0.39 is 23.9 Å². The van der Waals surface area contributed by atoms with Gasteiger partial charge < -0.3 is 20.5 Å². The first-order valence-electron chi connectivity index (χ1n) is 10.9. The van der Waals surface area contributed by atoms with Crippen molar-refractivity contribution in [2.45, 2.75) is 56.7 Å². The first kappa shape index (κ1) is 28.4. The normalized spacial score (nSPS) is 18.4. The van der Waals surface area contributed by atoms with Gasteiger partial charge in [0.05, 0.1) is 12.7 Å². The third kappa shape index (κ3) is 8.74. The molecular formula is C24H28F6N2O3. The van der Waals surface area contributed by atoms with Gasteiger partial charge >= 0.3 is 18.3 Å². The lowest BCUT2D eigenvalue weighted by Crippen LogP contribution is -2.38. The van der Waals surface area contributed by atoms with Gasteiger partial charge in [-0.25, -0.2) is 4.79 Å². The van der Waals surface area contributed by atoms with E-state index in [-0.39, 0.29) is 0 Å². The monoisotopic (exact) mass is 506 g/mol. The van der Waals surface area contributed by atoms with Gasteiger partial charge in [0.25, 0.3) is 0 Å². The molecule has 11 heteroatoms. The van der Waals surface area contributed by atoms with E-state index in [1.54, 1.807) is 7.11 Å². The molecule has 5 nitrogen and oxygen atoms in total. The predicted molar refractivity (Wildman–Crippen MR) is 119 cm³/mol. The van der Waals surface area contributed by atoms with Crippen LogP contribution in [0.2, 0.25) is 0 Å². The third-order valence-corrected chi connectivity index (χ3v) is 5.79. The number of hydrogen-bond acceptors (Lipinski definition) is 4. The number of aliphatic carboxylic acids is 1. The van der Waals surface area contributed by atoms with Gasteiger partial charge in [-0.3, -0.25) is 0 Å². The number of carboxylic acid groups (broad SMARTS) is 1. The molecule has 0 heterocycles. The molecule has 0 amide bonds. The van der Waals surface area contributed by atoms with E-state index in [9.17, 15) is 26.3 Å². The smallest absolute Gasteiger partial charge is 0.490 e. The topological polar surface area (TPSA) is 70.6 Å². The number of nitrogens with one attached hydrogen (secondary N) is 2.